The molecule has 0 radical (unpaired) electrons. The lowest BCUT2D eigenvalue weighted by Gasteiger charge is -2.27. The number of amides is 1. The second-order valence-electron chi connectivity index (χ2n) is 8.79. The van der Waals surface area contributed by atoms with Crippen LogP contribution in [0.2, 0.25) is 0 Å². The van der Waals surface area contributed by atoms with E-state index in [0.29, 0.717) is 5.56 Å². The third-order valence-corrected chi connectivity index (χ3v) is 6.92. The summed E-state index contributed by atoms with van der Waals surface area (Å²) in [4.78, 5) is 23.5. The van der Waals surface area contributed by atoms with Gasteiger partial charge in [-0.1, -0.05) is 30.4 Å². The number of fused-ring (bicyclic) bond motifs is 1. The average Bonchev–Trinajstić information content (AvgIpc) is 3.31. The standard InChI is InChI=1S/C28H27ClN4O/c1-19-7-8-23(32-28(34)22-4-3-12-30-17-22)16-21(19)11-15-33-13-9-20(10-14-33)25-18-31-27-24(25)5-2-6-26(27)29/h2-9,12,16-18,26H,10-11,13-15H2,1H3,(H,32,34). The van der Waals surface area contributed by atoms with Crippen LogP contribution in [0, 0.1) is 6.92 Å². The number of hydrogen-bond acceptors (Lipinski definition) is 4. The summed E-state index contributed by atoms with van der Waals surface area (Å²) in [5, 5.41) is 2.85. The molecular weight excluding hydrogens is 444 g/mol. The second kappa shape index (κ2) is 9.92. The van der Waals surface area contributed by atoms with E-state index in [0.717, 1.165) is 43.9 Å². The number of rotatable bonds is 6. The Labute approximate surface area is 205 Å². The van der Waals surface area contributed by atoms with Crippen LogP contribution in [0.15, 0.2) is 94.9 Å². The summed E-state index contributed by atoms with van der Waals surface area (Å²) >= 11 is 6.38. The SMILES string of the molecule is Cc1ccc(NC(=O)c2cccnc2)cc1CCN1CC=C(C2=CN=C3C2=CC=CC3Cl)CC1. The third-order valence-electron chi connectivity index (χ3n) is 6.57. The summed E-state index contributed by atoms with van der Waals surface area (Å²) in [6.45, 7) is 5.03. The summed E-state index contributed by atoms with van der Waals surface area (Å²) < 4.78 is 0. The molecule has 0 bridgehead atoms. The monoisotopic (exact) mass is 470 g/mol. The van der Waals surface area contributed by atoms with E-state index >= 15 is 0 Å². The minimum Gasteiger partial charge on any atom is -0.322 e. The van der Waals surface area contributed by atoms with Gasteiger partial charge in [-0.15, -0.1) is 11.6 Å². The number of carbonyl (C=O) groups excluding carboxylic acids is 1. The Balaban J connectivity index is 1.18. The van der Waals surface area contributed by atoms with Crippen molar-refractivity contribution in [2.75, 3.05) is 25.0 Å². The van der Waals surface area contributed by atoms with E-state index in [1.807, 2.05) is 24.4 Å². The van der Waals surface area contributed by atoms with Crippen molar-refractivity contribution in [3.63, 3.8) is 0 Å². The number of carbonyl (C=O) groups is 1. The summed E-state index contributed by atoms with van der Waals surface area (Å²) in [7, 11) is 0. The highest BCUT2D eigenvalue weighted by atomic mass is 35.5. The van der Waals surface area contributed by atoms with Crippen molar-refractivity contribution in [2.45, 2.75) is 25.1 Å². The van der Waals surface area contributed by atoms with Gasteiger partial charge in [0.05, 0.1) is 16.7 Å². The van der Waals surface area contributed by atoms with Gasteiger partial charge in [-0.2, -0.15) is 0 Å². The van der Waals surface area contributed by atoms with E-state index in [1.54, 1.807) is 24.5 Å². The Morgan fingerprint density at radius 1 is 1.26 bits per heavy atom. The van der Waals surface area contributed by atoms with Crippen molar-refractivity contribution in [1.29, 1.82) is 0 Å². The van der Waals surface area contributed by atoms with Crippen molar-refractivity contribution in [3.05, 3.63) is 107 Å². The molecule has 1 aliphatic carbocycles. The zero-order valence-corrected chi connectivity index (χ0v) is 19.9. The van der Waals surface area contributed by atoms with Crippen LogP contribution in [0.5, 0.6) is 0 Å². The number of pyridine rings is 1. The highest BCUT2D eigenvalue weighted by molar-refractivity contribution is 6.38. The van der Waals surface area contributed by atoms with Crippen molar-refractivity contribution in [2.24, 2.45) is 4.99 Å². The molecule has 172 valence electrons. The highest BCUT2D eigenvalue weighted by Gasteiger charge is 2.27. The fraction of sp³-hybridized carbons (Fsp3) is 0.250. The fourth-order valence-electron chi connectivity index (χ4n) is 4.56. The second-order valence-corrected chi connectivity index (χ2v) is 9.26. The number of allylic oxidation sites excluding steroid dienone is 5. The molecule has 1 aromatic heterocycles. The maximum atomic E-state index is 12.5. The Hall–Kier alpha value is -3.28. The van der Waals surface area contributed by atoms with Crippen molar-refractivity contribution < 1.29 is 4.79 Å². The molecule has 1 unspecified atom stereocenters. The zero-order chi connectivity index (χ0) is 23.5. The number of benzene rings is 1. The number of anilines is 1. The number of nitrogens with one attached hydrogen (secondary N) is 1. The van der Waals surface area contributed by atoms with Crippen LogP contribution in [0.3, 0.4) is 0 Å². The van der Waals surface area contributed by atoms with Crippen molar-refractivity contribution in [1.82, 2.24) is 9.88 Å². The molecule has 5 rings (SSSR count). The van der Waals surface area contributed by atoms with E-state index in [-0.39, 0.29) is 11.3 Å². The first-order chi connectivity index (χ1) is 16.6. The smallest absolute Gasteiger partial charge is 0.257 e. The maximum Gasteiger partial charge on any atom is 0.257 e. The van der Waals surface area contributed by atoms with E-state index in [4.69, 9.17) is 11.6 Å². The van der Waals surface area contributed by atoms with Gasteiger partial charge < -0.3 is 5.32 Å². The molecule has 3 aliphatic rings. The predicted octanol–water partition coefficient (Wildman–Crippen LogP) is 5.26. The van der Waals surface area contributed by atoms with E-state index in [9.17, 15) is 4.79 Å². The molecule has 0 fully saturated rings. The molecule has 3 heterocycles. The number of halogens is 1. The molecule has 2 aromatic rings. The highest BCUT2D eigenvalue weighted by Crippen LogP contribution is 2.34. The Kier molecular flexibility index (Phi) is 6.57. The minimum absolute atomic E-state index is 0.136. The number of nitrogens with zero attached hydrogens (tertiary/aromatic N) is 3. The minimum atomic E-state index is -0.144. The number of aryl methyl sites for hydroxylation is 1. The van der Waals surface area contributed by atoms with E-state index < -0.39 is 0 Å². The molecule has 1 amide bonds. The largest absolute Gasteiger partial charge is 0.322 e. The van der Waals surface area contributed by atoms with Gasteiger partial charge in [0.15, 0.2) is 0 Å². The number of alkyl halides is 1. The Morgan fingerprint density at radius 3 is 2.97 bits per heavy atom. The van der Waals surface area contributed by atoms with Crippen molar-refractivity contribution in [3.8, 4) is 0 Å². The topological polar surface area (TPSA) is 57.6 Å². The van der Waals surface area contributed by atoms with Gasteiger partial charge in [0.2, 0.25) is 0 Å². The van der Waals surface area contributed by atoms with Crippen LogP contribution in [0.1, 0.15) is 27.9 Å². The lowest BCUT2D eigenvalue weighted by Crippen LogP contribution is -2.31. The molecule has 5 nitrogen and oxygen atoms in total. The molecule has 0 saturated carbocycles. The van der Waals surface area contributed by atoms with Crippen molar-refractivity contribution >= 4 is 28.9 Å². The summed E-state index contributed by atoms with van der Waals surface area (Å²) in [6, 6.07) is 9.64. The normalized spacial score (nSPS) is 19.6. The molecule has 1 atom stereocenters. The first kappa shape index (κ1) is 22.5. The number of hydrogen-bond donors (Lipinski definition) is 1. The zero-order valence-electron chi connectivity index (χ0n) is 19.2. The van der Waals surface area contributed by atoms with Crippen LogP contribution in [0.25, 0.3) is 0 Å². The van der Waals surface area contributed by atoms with Gasteiger partial charge in [-0.05, 0) is 60.7 Å². The fourth-order valence-corrected chi connectivity index (χ4v) is 4.82. The lowest BCUT2D eigenvalue weighted by molar-refractivity contribution is 0.102. The van der Waals surface area contributed by atoms with Crippen LogP contribution in [0.4, 0.5) is 5.69 Å². The molecule has 1 aromatic carbocycles. The van der Waals surface area contributed by atoms with Gasteiger partial charge in [0.25, 0.3) is 5.91 Å². The van der Waals surface area contributed by atoms with Crippen LogP contribution in [-0.2, 0) is 6.42 Å². The molecule has 0 spiro atoms. The Morgan fingerprint density at radius 2 is 2.18 bits per heavy atom. The predicted molar refractivity (Wildman–Crippen MR) is 139 cm³/mol. The van der Waals surface area contributed by atoms with E-state index in [1.165, 1.54) is 27.8 Å². The molecule has 1 N–H and O–H groups in total. The quantitative estimate of drug-likeness (QED) is 0.586. The number of aromatic nitrogens is 1. The van der Waals surface area contributed by atoms with Crippen LogP contribution in [-0.4, -0.2) is 46.5 Å². The summed E-state index contributed by atoms with van der Waals surface area (Å²) in [6.07, 6.45) is 15.6. The van der Waals surface area contributed by atoms with Gasteiger partial charge in [0.1, 0.15) is 0 Å². The third kappa shape index (κ3) is 4.81. The van der Waals surface area contributed by atoms with Gasteiger partial charge in [-0.25, -0.2) is 0 Å². The first-order valence-electron chi connectivity index (χ1n) is 11.6. The molecule has 34 heavy (non-hydrogen) atoms. The van der Waals surface area contributed by atoms with E-state index in [2.05, 4.69) is 51.4 Å². The molecule has 6 heteroatoms. The average molecular weight is 471 g/mol. The Bertz CT molecular complexity index is 1260. The summed E-state index contributed by atoms with van der Waals surface area (Å²) in [5.74, 6) is -0.144. The molecule has 2 aliphatic heterocycles. The van der Waals surface area contributed by atoms with Gasteiger partial charge >= 0.3 is 0 Å². The molecule has 0 saturated heterocycles. The maximum absolute atomic E-state index is 12.5. The van der Waals surface area contributed by atoms with Crippen LogP contribution >= 0.6 is 11.6 Å². The lowest BCUT2D eigenvalue weighted by atomic mass is 9.89. The summed E-state index contributed by atoms with van der Waals surface area (Å²) in [5.41, 5.74) is 8.57. The number of aliphatic imine (C=N–C) groups is 1. The van der Waals surface area contributed by atoms with Gasteiger partial charge in [0, 0.05) is 55.1 Å². The first-order valence-corrected chi connectivity index (χ1v) is 12.1. The van der Waals surface area contributed by atoms with Crippen LogP contribution < -0.4 is 5.32 Å². The molecular formula is C28H27ClN4O. The van der Waals surface area contributed by atoms with Gasteiger partial charge in [-0.3, -0.25) is 19.7 Å².